The van der Waals surface area contributed by atoms with Crippen LogP contribution in [-0.4, -0.2) is 41.0 Å². The molecule has 1 saturated heterocycles. The highest BCUT2D eigenvalue weighted by Gasteiger charge is 2.27. The van der Waals surface area contributed by atoms with E-state index in [1.54, 1.807) is 17.0 Å². The number of H-pyrrole nitrogens is 1. The summed E-state index contributed by atoms with van der Waals surface area (Å²) in [4.78, 5) is 33.4. The van der Waals surface area contributed by atoms with Gasteiger partial charge in [0.15, 0.2) is 0 Å². The number of nitrogens with zero attached hydrogens (tertiary/aromatic N) is 2. The van der Waals surface area contributed by atoms with E-state index < -0.39 is 5.82 Å². The Bertz CT molecular complexity index is 1170. The first kappa shape index (κ1) is 18.9. The third-order valence-corrected chi connectivity index (χ3v) is 5.31. The summed E-state index contributed by atoms with van der Waals surface area (Å²) >= 11 is 0. The van der Waals surface area contributed by atoms with Gasteiger partial charge in [0, 0.05) is 41.8 Å². The van der Waals surface area contributed by atoms with Gasteiger partial charge >= 0.3 is 0 Å². The fourth-order valence-electron chi connectivity index (χ4n) is 3.81. The molecule has 0 saturated carbocycles. The molecule has 0 unspecified atom stereocenters. The largest absolute Gasteiger partial charge is 0.496 e. The molecule has 1 fully saturated rings. The topological polar surface area (TPSA) is 75.3 Å². The Morgan fingerprint density at radius 1 is 1.41 bits per heavy atom. The van der Waals surface area contributed by atoms with Crippen LogP contribution < -0.4 is 10.3 Å². The van der Waals surface area contributed by atoms with Crippen molar-refractivity contribution in [1.82, 2.24) is 14.9 Å². The van der Waals surface area contributed by atoms with E-state index in [4.69, 9.17) is 4.74 Å². The van der Waals surface area contributed by atoms with Crippen molar-refractivity contribution in [3.05, 3.63) is 71.0 Å². The summed E-state index contributed by atoms with van der Waals surface area (Å²) in [5, 5.41) is 1.11. The van der Waals surface area contributed by atoms with Gasteiger partial charge in [0.1, 0.15) is 17.3 Å². The number of pyridine rings is 2. The molecule has 148 valence electrons. The minimum atomic E-state index is -0.490. The maximum absolute atomic E-state index is 14.2. The molecule has 0 spiro atoms. The number of amides is 1. The highest BCUT2D eigenvalue weighted by molar-refractivity contribution is 5.90. The van der Waals surface area contributed by atoms with Crippen LogP contribution in [0.1, 0.15) is 18.0 Å². The van der Waals surface area contributed by atoms with Crippen LogP contribution >= 0.6 is 0 Å². The number of likely N-dealkylation sites (tertiary alicyclic amines) is 1. The molecule has 1 N–H and O–H groups in total. The molecule has 3 heterocycles. The summed E-state index contributed by atoms with van der Waals surface area (Å²) in [5.41, 5.74) is 1.04. The number of nitrogens with one attached hydrogen (secondary N) is 1. The number of hydrogen-bond donors (Lipinski definition) is 1. The Hall–Kier alpha value is -3.48. The highest BCUT2D eigenvalue weighted by atomic mass is 19.1. The Labute approximate surface area is 166 Å². The Balaban J connectivity index is 1.79. The van der Waals surface area contributed by atoms with Crippen molar-refractivity contribution >= 4 is 16.7 Å². The lowest BCUT2D eigenvalue weighted by Gasteiger charge is -2.15. The molecule has 4 rings (SSSR count). The second-order valence-corrected chi connectivity index (χ2v) is 7.00. The maximum atomic E-state index is 14.2. The zero-order valence-corrected chi connectivity index (χ0v) is 15.9. The number of rotatable bonds is 4. The van der Waals surface area contributed by atoms with Crippen molar-refractivity contribution in [1.29, 1.82) is 0 Å². The van der Waals surface area contributed by atoms with Gasteiger partial charge in [0.05, 0.1) is 7.11 Å². The summed E-state index contributed by atoms with van der Waals surface area (Å²) in [6, 6.07) is 8.04. The molecule has 0 aliphatic carbocycles. The maximum Gasteiger partial charge on any atom is 0.256 e. The van der Waals surface area contributed by atoms with Gasteiger partial charge in [-0.3, -0.25) is 14.6 Å². The molecule has 1 atom stereocenters. The molecular weight excluding hydrogens is 373 g/mol. The average molecular weight is 393 g/mol. The molecule has 0 bridgehead atoms. The van der Waals surface area contributed by atoms with Crippen LogP contribution in [0.5, 0.6) is 5.75 Å². The van der Waals surface area contributed by atoms with Crippen LogP contribution in [0.2, 0.25) is 0 Å². The van der Waals surface area contributed by atoms with Crippen LogP contribution in [-0.2, 0) is 4.79 Å². The van der Waals surface area contributed by atoms with Gasteiger partial charge in [-0.05, 0) is 48.2 Å². The van der Waals surface area contributed by atoms with Crippen LogP contribution in [0.25, 0.3) is 22.0 Å². The summed E-state index contributed by atoms with van der Waals surface area (Å²) in [5.74, 6) is -0.132. The van der Waals surface area contributed by atoms with Gasteiger partial charge in [0.2, 0.25) is 5.91 Å². The Morgan fingerprint density at radius 2 is 2.24 bits per heavy atom. The fourth-order valence-corrected chi connectivity index (χ4v) is 3.81. The van der Waals surface area contributed by atoms with Crippen LogP contribution in [0.4, 0.5) is 4.39 Å². The number of methoxy groups -OCH3 is 1. The summed E-state index contributed by atoms with van der Waals surface area (Å²) < 4.78 is 19.7. The van der Waals surface area contributed by atoms with Crippen molar-refractivity contribution < 1.29 is 13.9 Å². The van der Waals surface area contributed by atoms with Gasteiger partial charge < -0.3 is 14.6 Å². The van der Waals surface area contributed by atoms with E-state index in [1.807, 2.05) is 6.07 Å². The first-order valence-electron chi connectivity index (χ1n) is 9.29. The number of carbonyl (C=O) groups is 1. The van der Waals surface area contributed by atoms with Crippen molar-refractivity contribution in [2.24, 2.45) is 0 Å². The van der Waals surface area contributed by atoms with Gasteiger partial charge in [-0.1, -0.05) is 6.58 Å². The predicted molar refractivity (Wildman–Crippen MR) is 108 cm³/mol. The second-order valence-electron chi connectivity index (χ2n) is 7.00. The fraction of sp³-hybridized carbons (Fsp3) is 0.227. The van der Waals surface area contributed by atoms with Crippen molar-refractivity contribution in [3.8, 4) is 17.0 Å². The molecule has 3 aromatic rings. The lowest BCUT2D eigenvalue weighted by molar-refractivity contribution is -0.125. The smallest absolute Gasteiger partial charge is 0.256 e. The van der Waals surface area contributed by atoms with Gasteiger partial charge in [0.25, 0.3) is 5.56 Å². The molecule has 7 heteroatoms. The van der Waals surface area contributed by atoms with E-state index in [2.05, 4.69) is 16.5 Å². The lowest BCUT2D eigenvalue weighted by atomic mass is 9.99. The third-order valence-electron chi connectivity index (χ3n) is 5.31. The molecule has 1 amide bonds. The molecule has 6 nitrogen and oxygen atoms in total. The number of fused-ring (bicyclic) bond motifs is 1. The number of benzene rings is 1. The van der Waals surface area contributed by atoms with Crippen molar-refractivity contribution in [2.45, 2.75) is 12.3 Å². The molecule has 29 heavy (non-hydrogen) atoms. The number of halogens is 1. The Kier molecular flexibility index (Phi) is 4.88. The van der Waals surface area contributed by atoms with E-state index in [0.29, 0.717) is 35.2 Å². The van der Waals surface area contributed by atoms with Crippen molar-refractivity contribution in [3.63, 3.8) is 0 Å². The standard InChI is InChI=1S/C22H20FN3O3/c1-3-20(27)26-8-6-13(12-26)18-9-14-10-19(29-2)16(11-15(14)22(28)25-18)21-17(23)5-4-7-24-21/h3-5,7,9-11,13H,1,6,8,12H2,2H3,(H,25,28)/t13-/m0/s1. The molecule has 1 aliphatic rings. The van der Waals surface area contributed by atoms with Crippen molar-refractivity contribution in [2.75, 3.05) is 20.2 Å². The molecule has 0 radical (unpaired) electrons. The zero-order valence-electron chi connectivity index (χ0n) is 15.9. The first-order chi connectivity index (χ1) is 14.0. The predicted octanol–water partition coefficient (Wildman–Crippen LogP) is 3.24. The number of hydrogen-bond acceptors (Lipinski definition) is 4. The number of aromatic amines is 1. The van der Waals surface area contributed by atoms with E-state index in [0.717, 1.165) is 12.1 Å². The van der Waals surface area contributed by atoms with Crippen LogP contribution in [0, 0.1) is 5.82 Å². The van der Waals surface area contributed by atoms with Crippen LogP contribution in [0.15, 0.2) is 54.0 Å². The first-order valence-corrected chi connectivity index (χ1v) is 9.29. The minimum Gasteiger partial charge on any atom is -0.496 e. The van der Waals surface area contributed by atoms with E-state index in [9.17, 15) is 14.0 Å². The zero-order chi connectivity index (χ0) is 20.5. The Morgan fingerprint density at radius 3 is 2.97 bits per heavy atom. The minimum absolute atomic E-state index is 0.0369. The van der Waals surface area contributed by atoms with Gasteiger partial charge in [-0.15, -0.1) is 0 Å². The van der Waals surface area contributed by atoms with E-state index >= 15 is 0 Å². The van der Waals surface area contributed by atoms with Crippen LogP contribution in [0.3, 0.4) is 0 Å². The second kappa shape index (κ2) is 7.50. The number of carbonyl (C=O) groups excluding carboxylic acids is 1. The number of aromatic nitrogens is 2. The lowest BCUT2D eigenvalue weighted by Crippen LogP contribution is -2.26. The molecule has 1 aromatic carbocycles. The quantitative estimate of drug-likeness (QED) is 0.691. The summed E-state index contributed by atoms with van der Waals surface area (Å²) in [6.07, 6.45) is 3.55. The van der Waals surface area contributed by atoms with Gasteiger partial charge in [-0.25, -0.2) is 4.39 Å². The molecule has 2 aromatic heterocycles. The monoisotopic (exact) mass is 393 g/mol. The summed E-state index contributed by atoms with van der Waals surface area (Å²) in [6.45, 7) is 4.67. The normalized spacial score (nSPS) is 16.2. The van der Waals surface area contributed by atoms with Gasteiger partial charge in [-0.2, -0.15) is 0 Å². The average Bonchev–Trinajstić information content (AvgIpc) is 3.23. The summed E-state index contributed by atoms with van der Waals surface area (Å²) in [7, 11) is 1.50. The number of ether oxygens (including phenoxy) is 1. The van der Waals surface area contributed by atoms with E-state index in [1.165, 1.54) is 31.5 Å². The highest BCUT2D eigenvalue weighted by Crippen LogP contribution is 2.34. The molecular formula is C22H20FN3O3. The van der Waals surface area contributed by atoms with E-state index in [-0.39, 0.29) is 23.1 Å². The molecule has 1 aliphatic heterocycles. The SMILES string of the molecule is C=CC(=O)N1CC[C@H](c2cc3cc(OC)c(-c4ncccc4F)cc3c(=O)[nH]2)C1. The third kappa shape index (κ3) is 3.40.